The molecule has 140 valence electrons. The van der Waals surface area contributed by atoms with Gasteiger partial charge in [0.15, 0.2) is 0 Å². The first-order valence-electron chi connectivity index (χ1n) is 8.27. The van der Waals surface area contributed by atoms with E-state index in [2.05, 4.69) is 10.6 Å². The van der Waals surface area contributed by atoms with Crippen LogP contribution in [0.3, 0.4) is 0 Å². The smallest absolute Gasteiger partial charge is 0.229 e. The van der Waals surface area contributed by atoms with Crippen LogP contribution in [0.4, 0.5) is 21.5 Å². The van der Waals surface area contributed by atoms with Crippen LogP contribution in [0.5, 0.6) is 0 Å². The first kappa shape index (κ1) is 18.8. The number of anilines is 3. The number of carbonyl (C=O) groups excluding carboxylic acids is 3. The number of carbonyl (C=O) groups is 3. The van der Waals surface area contributed by atoms with E-state index < -0.39 is 17.6 Å². The molecule has 27 heavy (non-hydrogen) atoms. The highest BCUT2D eigenvalue weighted by atomic mass is 35.5. The third kappa shape index (κ3) is 4.43. The minimum atomic E-state index is -0.639. The van der Waals surface area contributed by atoms with E-state index in [1.807, 2.05) is 0 Å². The fraction of sp³-hybridized carbons (Fsp3) is 0.211. The molecule has 0 aliphatic carbocycles. The van der Waals surface area contributed by atoms with Gasteiger partial charge in [0.25, 0.3) is 0 Å². The summed E-state index contributed by atoms with van der Waals surface area (Å²) in [6, 6.07) is 10.8. The number of rotatable bonds is 4. The SMILES string of the molecule is CC(=O)Nc1cccc(N2C[C@H](C(=O)Nc3ccc(Cl)cc3F)CC2=O)c1. The Morgan fingerprint density at radius 2 is 1.96 bits per heavy atom. The van der Waals surface area contributed by atoms with Crippen LogP contribution in [0.15, 0.2) is 42.5 Å². The van der Waals surface area contributed by atoms with Gasteiger partial charge in [-0.2, -0.15) is 0 Å². The van der Waals surface area contributed by atoms with Crippen molar-refractivity contribution >= 4 is 46.4 Å². The van der Waals surface area contributed by atoms with Gasteiger partial charge in [-0.25, -0.2) is 4.39 Å². The number of halogens is 2. The summed E-state index contributed by atoms with van der Waals surface area (Å²) in [5.74, 6) is -2.13. The van der Waals surface area contributed by atoms with E-state index in [9.17, 15) is 18.8 Å². The molecule has 1 aliphatic rings. The largest absolute Gasteiger partial charge is 0.326 e. The van der Waals surface area contributed by atoms with Crippen LogP contribution in [0, 0.1) is 11.7 Å². The van der Waals surface area contributed by atoms with Crippen LogP contribution in [0.25, 0.3) is 0 Å². The summed E-state index contributed by atoms with van der Waals surface area (Å²) in [6.45, 7) is 1.56. The highest BCUT2D eigenvalue weighted by Gasteiger charge is 2.35. The van der Waals surface area contributed by atoms with Gasteiger partial charge in [-0.1, -0.05) is 17.7 Å². The summed E-state index contributed by atoms with van der Waals surface area (Å²) in [6.07, 6.45) is 0.0193. The monoisotopic (exact) mass is 389 g/mol. The van der Waals surface area contributed by atoms with Crippen LogP contribution >= 0.6 is 11.6 Å². The van der Waals surface area contributed by atoms with Crippen LogP contribution in [-0.4, -0.2) is 24.3 Å². The van der Waals surface area contributed by atoms with E-state index in [0.29, 0.717) is 11.4 Å². The fourth-order valence-electron chi connectivity index (χ4n) is 2.91. The zero-order valence-electron chi connectivity index (χ0n) is 14.5. The Kier molecular flexibility index (Phi) is 5.41. The summed E-state index contributed by atoms with van der Waals surface area (Å²) >= 11 is 5.70. The maximum atomic E-state index is 13.9. The van der Waals surface area contributed by atoms with Gasteiger partial charge in [-0.05, 0) is 36.4 Å². The lowest BCUT2D eigenvalue weighted by atomic mass is 10.1. The molecule has 3 rings (SSSR count). The van der Waals surface area contributed by atoms with E-state index in [1.54, 1.807) is 24.3 Å². The van der Waals surface area contributed by atoms with Crippen LogP contribution in [-0.2, 0) is 14.4 Å². The molecule has 3 amide bonds. The minimum Gasteiger partial charge on any atom is -0.326 e. The number of benzene rings is 2. The van der Waals surface area contributed by atoms with E-state index in [1.165, 1.54) is 24.0 Å². The summed E-state index contributed by atoms with van der Waals surface area (Å²) < 4.78 is 13.9. The van der Waals surface area contributed by atoms with Crippen molar-refractivity contribution in [1.29, 1.82) is 0 Å². The first-order chi connectivity index (χ1) is 12.8. The third-order valence-corrected chi connectivity index (χ3v) is 4.40. The molecular formula is C19H17ClFN3O3. The Hall–Kier alpha value is -2.93. The average molecular weight is 390 g/mol. The van der Waals surface area contributed by atoms with Gasteiger partial charge in [0.1, 0.15) is 5.82 Å². The quantitative estimate of drug-likeness (QED) is 0.840. The normalized spacial score (nSPS) is 16.3. The number of amides is 3. The van der Waals surface area contributed by atoms with Crippen molar-refractivity contribution in [3.05, 3.63) is 53.3 Å². The van der Waals surface area contributed by atoms with Crippen LogP contribution in [0.1, 0.15) is 13.3 Å². The van der Waals surface area contributed by atoms with Crippen LogP contribution < -0.4 is 15.5 Å². The molecule has 1 heterocycles. The molecular weight excluding hydrogens is 373 g/mol. The number of nitrogens with one attached hydrogen (secondary N) is 2. The highest BCUT2D eigenvalue weighted by Crippen LogP contribution is 2.28. The van der Waals surface area contributed by atoms with Crippen molar-refractivity contribution in [3.8, 4) is 0 Å². The lowest BCUT2D eigenvalue weighted by Crippen LogP contribution is -2.28. The molecule has 0 bridgehead atoms. The van der Waals surface area contributed by atoms with Crippen molar-refractivity contribution in [2.75, 3.05) is 22.1 Å². The molecule has 1 aliphatic heterocycles. The molecule has 1 atom stereocenters. The first-order valence-corrected chi connectivity index (χ1v) is 8.65. The second-order valence-electron chi connectivity index (χ2n) is 6.25. The minimum absolute atomic E-state index is 0.0166. The predicted molar refractivity (Wildman–Crippen MR) is 101 cm³/mol. The molecule has 2 N–H and O–H groups in total. The van der Waals surface area contributed by atoms with Gasteiger partial charge in [0, 0.05) is 36.3 Å². The van der Waals surface area contributed by atoms with E-state index in [4.69, 9.17) is 11.6 Å². The Morgan fingerprint density at radius 3 is 2.67 bits per heavy atom. The van der Waals surface area contributed by atoms with Gasteiger partial charge < -0.3 is 15.5 Å². The number of hydrogen-bond donors (Lipinski definition) is 2. The van der Waals surface area contributed by atoms with Crippen molar-refractivity contribution in [3.63, 3.8) is 0 Å². The van der Waals surface area contributed by atoms with E-state index in [-0.39, 0.29) is 35.5 Å². The van der Waals surface area contributed by atoms with Crippen molar-refractivity contribution < 1.29 is 18.8 Å². The maximum Gasteiger partial charge on any atom is 0.229 e. The van der Waals surface area contributed by atoms with Crippen LogP contribution in [0.2, 0.25) is 5.02 Å². The van der Waals surface area contributed by atoms with Gasteiger partial charge in [0.2, 0.25) is 17.7 Å². The summed E-state index contributed by atoms with van der Waals surface area (Å²) in [4.78, 5) is 37.5. The second-order valence-corrected chi connectivity index (χ2v) is 6.69. The van der Waals surface area contributed by atoms with E-state index in [0.717, 1.165) is 6.07 Å². The topological polar surface area (TPSA) is 78.5 Å². The van der Waals surface area contributed by atoms with E-state index >= 15 is 0 Å². The lowest BCUT2D eigenvalue weighted by molar-refractivity contribution is -0.122. The predicted octanol–water partition coefficient (Wildman–Crippen LogP) is 3.43. The van der Waals surface area contributed by atoms with Gasteiger partial charge >= 0.3 is 0 Å². The lowest BCUT2D eigenvalue weighted by Gasteiger charge is -2.18. The molecule has 8 heteroatoms. The van der Waals surface area contributed by atoms with Gasteiger partial charge in [0.05, 0.1) is 11.6 Å². The maximum absolute atomic E-state index is 13.9. The third-order valence-electron chi connectivity index (χ3n) is 4.16. The molecule has 0 spiro atoms. The molecule has 0 unspecified atom stereocenters. The molecule has 1 fully saturated rings. The zero-order valence-corrected chi connectivity index (χ0v) is 15.2. The molecule has 1 saturated heterocycles. The molecule has 0 radical (unpaired) electrons. The average Bonchev–Trinajstić information content (AvgIpc) is 2.99. The fourth-order valence-corrected chi connectivity index (χ4v) is 3.07. The Labute approximate surface area is 160 Å². The van der Waals surface area contributed by atoms with Crippen molar-refractivity contribution in [1.82, 2.24) is 0 Å². The molecule has 0 aromatic heterocycles. The van der Waals surface area contributed by atoms with Gasteiger partial charge in [-0.15, -0.1) is 0 Å². The Balaban J connectivity index is 1.71. The van der Waals surface area contributed by atoms with Gasteiger partial charge in [-0.3, -0.25) is 14.4 Å². The number of nitrogens with zero attached hydrogens (tertiary/aromatic N) is 1. The van der Waals surface area contributed by atoms with Crippen molar-refractivity contribution in [2.45, 2.75) is 13.3 Å². The molecule has 6 nitrogen and oxygen atoms in total. The summed E-state index contributed by atoms with van der Waals surface area (Å²) in [5.41, 5.74) is 1.16. The van der Waals surface area contributed by atoms with Crippen molar-refractivity contribution in [2.24, 2.45) is 5.92 Å². The highest BCUT2D eigenvalue weighted by molar-refractivity contribution is 6.30. The summed E-state index contributed by atoms with van der Waals surface area (Å²) in [5, 5.41) is 5.38. The zero-order chi connectivity index (χ0) is 19.6. The standard InChI is InChI=1S/C19H17ClFN3O3/c1-11(25)22-14-3-2-4-15(9-14)24-10-12(7-18(24)26)19(27)23-17-6-5-13(20)8-16(17)21/h2-6,8-9,12H,7,10H2,1H3,(H,22,25)(H,23,27)/t12-/m1/s1. The number of hydrogen-bond acceptors (Lipinski definition) is 3. The molecule has 2 aromatic rings. The summed E-state index contributed by atoms with van der Waals surface area (Å²) in [7, 11) is 0. The Morgan fingerprint density at radius 1 is 1.19 bits per heavy atom. The second kappa shape index (κ2) is 7.75. The molecule has 2 aromatic carbocycles. The Bertz CT molecular complexity index is 919. The molecule has 0 saturated carbocycles.